The third kappa shape index (κ3) is 8.48. The van der Waals surface area contributed by atoms with Gasteiger partial charge in [-0.05, 0) is 26.3 Å². The van der Waals surface area contributed by atoms with Gasteiger partial charge in [-0.1, -0.05) is 13.8 Å². The molecular formula is C11H26N2O. The Bertz CT molecular complexity index is 128. The van der Waals surface area contributed by atoms with Gasteiger partial charge in [-0.2, -0.15) is 0 Å². The van der Waals surface area contributed by atoms with Crippen molar-refractivity contribution in [3.05, 3.63) is 0 Å². The molecule has 0 aromatic carbocycles. The summed E-state index contributed by atoms with van der Waals surface area (Å²) in [6.45, 7) is 9.97. The Balaban J connectivity index is 3.44. The van der Waals surface area contributed by atoms with Crippen molar-refractivity contribution in [1.82, 2.24) is 4.90 Å². The van der Waals surface area contributed by atoms with E-state index in [9.17, 15) is 0 Å². The summed E-state index contributed by atoms with van der Waals surface area (Å²) in [5.74, 6) is 0.685. The molecule has 14 heavy (non-hydrogen) atoms. The molecule has 0 amide bonds. The quantitative estimate of drug-likeness (QED) is 0.603. The van der Waals surface area contributed by atoms with Crippen LogP contribution in [0.3, 0.4) is 0 Å². The standard InChI is InChI=1S/C11H26N2O/c1-5-14-7-6-13(4)9-11(12)8-10(2)3/h10-11H,5-9,12H2,1-4H3. The van der Waals surface area contributed by atoms with Gasteiger partial charge in [0.25, 0.3) is 0 Å². The number of ether oxygens (including phenoxy) is 1. The zero-order valence-electron chi connectivity index (χ0n) is 10.1. The maximum atomic E-state index is 6.00. The fourth-order valence-corrected chi connectivity index (χ4v) is 1.54. The lowest BCUT2D eigenvalue weighted by Gasteiger charge is -2.22. The molecule has 2 N–H and O–H groups in total. The molecule has 86 valence electrons. The summed E-state index contributed by atoms with van der Waals surface area (Å²) in [5.41, 5.74) is 6.00. The highest BCUT2D eigenvalue weighted by Gasteiger charge is 2.08. The number of nitrogens with two attached hydrogens (primary N) is 1. The molecule has 3 nitrogen and oxygen atoms in total. The van der Waals surface area contributed by atoms with E-state index in [4.69, 9.17) is 10.5 Å². The summed E-state index contributed by atoms with van der Waals surface area (Å²) in [5, 5.41) is 0. The fourth-order valence-electron chi connectivity index (χ4n) is 1.54. The normalized spacial score (nSPS) is 13.9. The minimum Gasteiger partial charge on any atom is -0.380 e. The fraction of sp³-hybridized carbons (Fsp3) is 1.00. The first-order valence-corrected chi connectivity index (χ1v) is 5.58. The second-order valence-corrected chi connectivity index (χ2v) is 4.35. The second kappa shape index (κ2) is 8.21. The monoisotopic (exact) mass is 202 g/mol. The van der Waals surface area contributed by atoms with Crippen LogP contribution in [0.15, 0.2) is 0 Å². The number of hydrogen-bond donors (Lipinski definition) is 1. The number of likely N-dealkylation sites (N-methyl/N-ethyl adjacent to an activating group) is 1. The van der Waals surface area contributed by atoms with Crippen molar-refractivity contribution in [2.75, 3.05) is 33.4 Å². The van der Waals surface area contributed by atoms with Gasteiger partial charge in [-0.15, -0.1) is 0 Å². The van der Waals surface area contributed by atoms with Crippen LogP contribution >= 0.6 is 0 Å². The largest absolute Gasteiger partial charge is 0.380 e. The van der Waals surface area contributed by atoms with Gasteiger partial charge in [-0.25, -0.2) is 0 Å². The lowest BCUT2D eigenvalue weighted by molar-refractivity contribution is 0.119. The van der Waals surface area contributed by atoms with Gasteiger partial charge in [-0.3, -0.25) is 0 Å². The van der Waals surface area contributed by atoms with Crippen LogP contribution in [0.25, 0.3) is 0 Å². The summed E-state index contributed by atoms with van der Waals surface area (Å²) in [4.78, 5) is 2.24. The Kier molecular flexibility index (Phi) is 8.14. The molecule has 0 spiro atoms. The van der Waals surface area contributed by atoms with E-state index in [1.165, 1.54) is 0 Å². The Morgan fingerprint density at radius 3 is 2.50 bits per heavy atom. The predicted molar refractivity (Wildman–Crippen MR) is 61.4 cm³/mol. The molecule has 1 atom stereocenters. The van der Waals surface area contributed by atoms with E-state index in [0.717, 1.165) is 32.7 Å². The highest BCUT2D eigenvalue weighted by Crippen LogP contribution is 2.03. The Hall–Kier alpha value is -0.120. The van der Waals surface area contributed by atoms with Crippen LogP contribution in [-0.4, -0.2) is 44.3 Å². The minimum absolute atomic E-state index is 0.293. The first-order valence-electron chi connectivity index (χ1n) is 5.58. The van der Waals surface area contributed by atoms with Gasteiger partial charge in [0.05, 0.1) is 6.61 Å². The van der Waals surface area contributed by atoms with E-state index in [1.807, 2.05) is 6.92 Å². The van der Waals surface area contributed by atoms with Crippen molar-refractivity contribution in [3.63, 3.8) is 0 Å². The first kappa shape index (κ1) is 13.9. The van der Waals surface area contributed by atoms with Crippen molar-refractivity contribution in [2.45, 2.75) is 33.2 Å². The van der Waals surface area contributed by atoms with Gasteiger partial charge in [0.15, 0.2) is 0 Å². The Morgan fingerprint density at radius 2 is 2.00 bits per heavy atom. The lowest BCUT2D eigenvalue weighted by atomic mass is 10.0. The molecule has 1 unspecified atom stereocenters. The summed E-state index contributed by atoms with van der Waals surface area (Å²) in [6.07, 6.45) is 1.10. The van der Waals surface area contributed by atoms with E-state index in [-0.39, 0.29) is 0 Å². The Morgan fingerprint density at radius 1 is 1.36 bits per heavy atom. The van der Waals surface area contributed by atoms with Crippen molar-refractivity contribution in [3.8, 4) is 0 Å². The molecule has 0 aromatic heterocycles. The summed E-state index contributed by atoms with van der Waals surface area (Å²) in [6, 6.07) is 0.293. The van der Waals surface area contributed by atoms with Gasteiger partial charge in [0.1, 0.15) is 0 Å². The molecular weight excluding hydrogens is 176 g/mol. The number of hydrogen-bond acceptors (Lipinski definition) is 3. The van der Waals surface area contributed by atoms with Crippen LogP contribution in [0, 0.1) is 5.92 Å². The lowest BCUT2D eigenvalue weighted by Crippen LogP contribution is -2.37. The highest BCUT2D eigenvalue weighted by molar-refractivity contribution is 4.67. The van der Waals surface area contributed by atoms with Crippen molar-refractivity contribution in [2.24, 2.45) is 11.7 Å². The molecule has 0 bridgehead atoms. The molecule has 3 heteroatoms. The van der Waals surface area contributed by atoms with Crippen LogP contribution in [-0.2, 0) is 4.74 Å². The third-order valence-corrected chi connectivity index (χ3v) is 2.14. The zero-order chi connectivity index (χ0) is 11.0. The number of rotatable bonds is 8. The molecule has 0 radical (unpaired) electrons. The number of nitrogens with zero attached hydrogens (tertiary/aromatic N) is 1. The molecule has 0 saturated heterocycles. The molecule has 0 saturated carbocycles. The van der Waals surface area contributed by atoms with Crippen LogP contribution in [0.4, 0.5) is 0 Å². The SMILES string of the molecule is CCOCCN(C)CC(N)CC(C)C. The van der Waals surface area contributed by atoms with E-state index >= 15 is 0 Å². The predicted octanol–water partition coefficient (Wildman–Crippen LogP) is 1.33. The van der Waals surface area contributed by atoms with Crippen molar-refractivity contribution < 1.29 is 4.74 Å². The van der Waals surface area contributed by atoms with Gasteiger partial charge >= 0.3 is 0 Å². The van der Waals surface area contributed by atoms with Crippen LogP contribution in [0.2, 0.25) is 0 Å². The maximum absolute atomic E-state index is 6.00. The summed E-state index contributed by atoms with van der Waals surface area (Å²) < 4.78 is 5.28. The van der Waals surface area contributed by atoms with E-state index in [0.29, 0.717) is 12.0 Å². The maximum Gasteiger partial charge on any atom is 0.0593 e. The van der Waals surface area contributed by atoms with Gasteiger partial charge in [0.2, 0.25) is 0 Å². The second-order valence-electron chi connectivity index (χ2n) is 4.35. The average molecular weight is 202 g/mol. The highest BCUT2D eigenvalue weighted by atomic mass is 16.5. The van der Waals surface area contributed by atoms with Gasteiger partial charge < -0.3 is 15.4 Å². The molecule has 0 rings (SSSR count). The average Bonchev–Trinajstić information content (AvgIpc) is 2.02. The first-order chi connectivity index (χ1) is 6.56. The molecule has 0 aliphatic heterocycles. The Labute approximate surface area is 88.6 Å². The van der Waals surface area contributed by atoms with Gasteiger partial charge in [0, 0.05) is 25.7 Å². The van der Waals surface area contributed by atoms with Crippen molar-refractivity contribution in [1.29, 1.82) is 0 Å². The topological polar surface area (TPSA) is 38.5 Å². The summed E-state index contributed by atoms with van der Waals surface area (Å²) in [7, 11) is 2.10. The molecule has 0 fully saturated rings. The van der Waals surface area contributed by atoms with E-state index in [1.54, 1.807) is 0 Å². The van der Waals surface area contributed by atoms with Crippen LogP contribution in [0.5, 0.6) is 0 Å². The molecule has 0 heterocycles. The minimum atomic E-state index is 0.293. The van der Waals surface area contributed by atoms with E-state index in [2.05, 4.69) is 25.8 Å². The van der Waals surface area contributed by atoms with Crippen LogP contribution < -0.4 is 5.73 Å². The summed E-state index contributed by atoms with van der Waals surface area (Å²) >= 11 is 0. The third-order valence-electron chi connectivity index (χ3n) is 2.14. The smallest absolute Gasteiger partial charge is 0.0593 e. The molecule has 0 aromatic rings. The zero-order valence-corrected chi connectivity index (χ0v) is 10.1. The van der Waals surface area contributed by atoms with Crippen molar-refractivity contribution >= 4 is 0 Å². The van der Waals surface area contributed by atoms with Crippen LogP contribution in [0.1, 0.15) is 27.2 Å². The molecule has 0 aliphatic rings. The molecule has 0 aliphatic carbocycles. The van der Waals surface area contributed by atoms with E-state index < -0.39 is 0 Å².